The molecule has 2 saturated heterocycles. The molecule has 0 saturated carbocycles. The van der Waals surface area contributed by atoms with Gasteiger partial charge in [0.25, 0.3) is 0 Å². The zero-order valence-corrected chi connectivity index (χ0v) is 28.4. The van der Waals surface area contributed by atoms with Gasteiger partial charge in [0.1, 0.15) is 0 Å². The molecule has 0 bridgehead atoms. The average molecular weight is 641 g/mol. The minimum absolute atomic E-state index is 0.112. The number of hydrogen-bond acceptors (Lipinski definition) is 5. The van der Waals surface area contributed by atoms with Crippen LogP contribution in [0.2, 0.25) is 0 Å². The topological polar surface area (TPSA) is 73.4 Å². The largest absolute Gasteiger partial charge is 0.453 e. The SMILES string of the molecule is CCC(=O)N(CC1CCCN(C(=O)OC)C1)c1ccccc1.CCC(=O)N(CC1CCCN(Cc2ccccc2)C1)c1ccccc1. The lowest BCUT2D eigenvalue weighted by molar-refractivity contribution is -0.119. The third kappa shape index (κ3) is 11.0. The van der Waals surface area contributed by atoms with Gasteiger partial charge in [-0.1, -0.05) is 80.6 Å². The van der Waals surface area contributed by atoms with E-state index in [9.17, 15) is 14.4 Å². The fourth-order valence-electron chi connectivity index (χ4n) is 6.61. The Morgan fingerprint density at radius 1 is 0.681 bits per heavy atom. The molecule has 8 heteroatoms. The second kappa shape index (κ2) is 18.8. The first-order chi connectivity index (χ1) is 22.9. The van der Waals surface area contributed by atoms with Gasteiger partial charge in [-0.15, -0.1) is 0 Å². The van der Waals surface area contributed by atoms with Gasteiger partial charge in [0.15, 0.2) is 0 Å². The van der Waals surface area contributed by atoms with E-state index in [4.69, 9.17) is 4.74 Å². The van der Waals surface area contributed by atoms with Gasteiger partial charge in [-0.3, -0.25) is 14.5 Å². The van der Waals surface area contributed by atoms with Gasteiger partial charge in [0.05, 0.1) is 7.11 Å². The highest BCUT2D eigenvalue weighted by atomic mass is 16.5. The molecule has 2 unspecified atom stereocenters. The van der Waals surface area contributed by atoms with Gasteiger partial charge < -0.3 is 19.4 Å². The highest BCUT2D eigenvalue weighted by Gasteiger charge is 2.28. The quantitative estimate of drug-likeness (QED) is 0.234. The molecule has 47 heavy (non-hydrogen) atoms. The van der Waals surface area contributed by atoms with E-state index in [0.717, 1.165) is 56.9 Å². The van der Waals surface area contributed by atoms with Crippen LogP contribution in [0.25, 0.3) is 0 Å². The lowest BCUT2D eigenvalue weighted by Gasteiger charge is -2.35. The minimum Gasteiger partial charge on any atom is -0.453 e. The number of amides is 3. The number of carbonyl (C=O) groups excluding carboxylic acids is 3. The number of carbonyl (C=O) groups is 3. The van der Waals surface area contributed by atoms with Gasteiger partial charge in [-0.25, -0.2) is 4.79 Å². The number of piperidine rings is 2. The molecule has 252 valence electrons. The molecule has 3 amide bonds. The minimum atomic E-state index is -0.280. The van der Waals surface area contributed by atoms with Crippen LogP contribution in [0.15, 0.2) is 91.0 Å². The third-order valence-corrected chi connectivity index (χ3v) is 9.03. The van der Waals surface area contributed by atoms with Crippen molar-refractivity contribution in [3.8, 4) is 0 Å². The summed E-state index contributed by atoms with van der Waals surface area (Å²) >= 11 is 0. The van der Waals surface area contributed by atoms with E-state index in [0.29, 0.717) is 31.8 Å². The average Bonchev–Trinajstić information content (AvgIpc) is 3.13. The van der Waals surface area contributed by atoms with Gasteiger partial charge in [-0.2, -0.15) is 0 Å². The monoisotopic (exact) mass is 640 g/mol. The van der Waals surface area contributed by atoms with E-state index in [-0.39, 0.29) is 23.8 Å². The van der Waals surface area contributed by atoms with E-state index in [2.05, 4.69) is 35.2 Å². The van der Waals surface area contributed by atoms with Crippen LogP contribution in [0, 0.1) is 11.8 Å². The molecule has 8 nitrogen and oxygen atoms in total. The molecule has 0 aromatic heterocycles. The van der Waals surface area contributed by atoms with Gasteiger partial charge in [-0.05, 0) is 73.9 Å². The van der Waals surface area contributed by atoms with Gasteiger partial charge >= 0.3 is 6.09 Å². The Morgan fingerprint density at radius 3 is 1.64 bits per heavy atom. The summed E-state index contributed by atoms with van der Waals surface area (Å²) in [5.74, 6) is 1.14. The number of anilines is 2. The smallest absolute Gasteiger partial charge is 0.409 e. The number of likely N-dealkylation sites (tertiary alicyclic amines) is 2. The predicted octanol–water partition coefficient (Wildman–Crippen LogP) is 7.25. The summed E-state index contributed by atoms with van der Waals surface area (Å²) in [4.78, 5) is 44.5. The fraction of sp³-hybridized carbons (Fsp3) is 0.462. The molecule has 3 aromatic rings. The van der Waals surface area contributed by atoms with Crippen LogP contribution in [0.4, 0.5) is 16.2 Å². The van der Waals surface area contributed by atoms with Crippen LogP contribution < -0.4 is 9.80 Å². The van der Waals surface area contributed by atoms with Crippen LogP contribution in [0.1, 0.15) is 57.9 Å². The van der Waals surface area contributed by atoms with Crippen molar-refractivity contribution in [2.24, 2.45) is 11.8 Å². The van der Waals surface area contributed by atoms with Crippen molar-refractivity contribution in [3.05, 3.63) is 96.6 Å². The zero-order chi connectivity index (χ0) is 33.4. The Bertz CT molecular complexity index is 1370. The molecule has 0 aliphatic carbocycles. The molecule has 2 aliphatic rings. The Morgan fingerprint density at radius 2 is 1.15 bits per heavy atom. The van der Waals surface area contributed by atoms with Crippen molar-refractivity contribution in [2.75, 3.05) is 56.2 Å². The van der Waals surface area contributed by atoms with Gasteiger partial charge in [0, 0.05) is 63.5 Å². The van der Waals surface area contributed by atoms with Crippen molar-refractivity contribution in [1.29, 1.82) is 0 Å². The third-order valence-electron chi connectivity index (χ3n) is 9.03. The molecule has 3 aromatic carbocycles. The highest BCUT2D eigenvalue weighted by molar-refractivity contribution is 5.93. The van der Waals surface area contributed by atoms with E-state index in [1.54, 1.807) is 4.90 Å². The second-order valence-electron chi connectivity index (χ2n) is 12.5. The standard InChI is InChI=1S/C22H28N2O.C17H24N2O3/c1-2-22(25)24(21-13-7-4-8-14-21)18-20-12-9-15-23(17-20)16-19-10-5-3-6-11-19;1-3-16(20)19(15-9-5-4-6-10-15)13-14-8-7-11-18(12-14)17(21)22-2/h3-8,10-11,13-14,20H,2,9,12,15-18H2,1H3;4-6,9-10,14H,3,7-8,11-13H2,1-2H3. The molecule has 2 aliphatic heterocycles. The Hall–Kier alpha value is -4.17. The first kappa shape index (κ1) is 35.7. The first-order valence-electron chi connectivity index (χ1n) is 17.2. The lowest BCUT2D eigenvalue weighted by Crippen LogP contribution is -2.45. The van der Waals surface area contributed by atoms with E-state index in [1.807, 2.05) is 84.3 Å². The predicted molar refractivity (Wildman–Crippen MR) is 189 cm³/mol. The molecule has 0 N–H and O–H groups in total. The first-order valence-corrected chi connectivity index (χ1v) is 17.2. The Labute approximate surface area is 281 Å². The van der Waals surface area contributed by atoms with Crippen LogP contribution in [-0.2, 0) is 20.9 Å². The second-order valence-corrected chi connectivity index (χ2v) is 12.5. The summed E-state index contributed by atoms with van der Waals surface area (Å²) in [5.41, 5.74) is 3.31. The molecule has 2 fully saturated rings. The van der Waals surface area contributed by atoms with Crippen LogP contribution in [-0.4, -0.2) is 74.1 Å². The van der Waals surface area contributed by atoms with Crippen molar-refractivity contribution in [2.45, 2.75) is 58.9 Å². The van der Waals surface area contributed by atoms with Crippen LogP contribution in [0.3, 0.4) is 0 Å². The van der Waals surface area contributed by atoms with Crippen molar-refractivity contribution >= 4 is 29.3 Å². The Kier molecular flexibility index (Phi) is 14.3. The van der Waals surface area contributed by atoms with Crippen molar-refractivity contribution in [3.63, 3.8) is 0 Å². The number of hydrogen-bond donors (Lipinski definition) is 0. The number of nitrogens with zero attached hydrogens (tertiary/aromatic N) is 4. The molecular weight excluding hydrogens is 588 g/mol. The number of para-hydroxylation sites is 2. The normalized spacial score (nSPS) is 18.0. The summed E-state index contributed by atoms with van der Waals surface area (Å²) in [6.07, 6.45) is 5.12. The zero-order valence-electron chi connectivity index (χ0n) is 28.4. The number of ether oxygens (including phenoxy) is 1. The number of rotatable bonds is 10. The molecule has 2 atom stereocenters. The summed E-state index contributed by atoms with van der Waals surface area (Å²) in [6.45, 7) is 9.88. The Balaban J connectivity index is 0.000000215. The molecule has 0 spiro atoms. The summed E-state index contributed by atoms with van der Waals surface area (Å²) < 4.78 is 4.80. The maximum atomic E-state index is 12.5. The fourth-order valence-corrected chi connectivity index (χ4v) is 6.61. The summed E-state index contributed by atoms with van der Waals surface area (Å²) in [5, 5.41) is 0. The van der Waals surface area contributed by atoms with Crippen molar-refractivity contribution in [1.82, 2.24) is 9.80 Å². The van der Waals surface area contributed by atoms with E-state index >= 15 is 0 Å². The summed E-state index contributed by atoms with van der Waals surface area (Å²) in [6, 6.07) is 30.5. The molecule has 5 rings (SSSR count). The highest BCUT2D eigenvalue weighted by Crippen LogP contribution is 2.24. The number of methoxy groups -OCH3 is 1. The summed E-state index contributed by atoms with van der Waals surface area (Å²) in [7, 11) is 1.41. The maximum absolute atomic E-state index is 12.5. The van der Waals surface area contributed by atoms with E-state index < -0.39 is 0 Å². The van der Waals surface area contributed by atoms with Crippen LogP contribution >= 0.6 is 0 Å². The van der Waals surface area contributed by atoms with Gasteiger partial charge in [0.2, 0.25) is 11.8 Å². The maximum Gasteiger partial charge on any atom is 0.409 e. The number of benzene rings is 3. The molecule has 2 heterocycles. The van der Waals surface area contributed by atoms with E-state index in [1.165, 1.54) is 25.5 Å². The molecular formula is C39H52N4O4. The molecule has 0 radical (unpaired) electrons. The van der Waals surface area contributed by atoms with Crippen molar-refractivity contribution < 1.29 is 19.1 Å². The lowest BCUT2D eigenvalue weighted by atomic mass is 9.96. The van der Waals surface area contributed by atoms with Crippen LogP contribution in [0.5, 0.6) is 0 Å².